The molecule has 0 atom stereocenters. The monoisotopic (exact) mass is 356 g/mol. The summed E-state index contributed by atoms with van der Waals surface area (Å²) >= 11 is 0. The van der Waals surface area contributed by atoms with Crippen LogP contribution in [0.2, 0.25) is 0 Å². The van der Waals surface area contributed by atoms with Crippen molar-refractivity contribution in [1.82, 2.24) is 0 Å². The molecular formula is C21H25FN2O2. The van der Waals surface area contributed by atoms with Gasteiger partial charge in [-0.2, -0.15) is 0 Å². The third-order valence-electron chi connectivity index (χ3n) is 4.57. The van der Waals surface area contributed by atoms with Crippen LogP contribution in [0.25, 0.3) is 0 Å². The van der Waals surface area contributed by atoms with Crippen molar-refractivity contribution in [2.24, 2.45) is 0 Å². The van der Waals surface area contributed by atoms with Crippen LogP contribution in [-0.4, -0.2) is 24.6 Å². The summed E-state index contributed by atoms with van der Waals surface area (Å²) in [5.41, 5.74) is -0.0518. The molecule has 1 saturated heterocycles. The van der Waals surface area contributed by atoms with Crippen molar-refractivity contribution in [2.75, 3.05) is 23.3 Å². The predicted octanol–water partition coefficient (Wildman–Crippen LogP) is 4.61. The minimum Gasteiger partial charge on any atom is -0.478 e. The molecule has 2 aromatic carbocycles. The van der Waals surface area contributed by atoms with Crippen molar-refractivity contribution in [3.63, 3.8) is 0 Å². The molecule has 1 fully saturated rings. The van der Waals surface area contributed by atoms with Crippen LogP contribution >= 0.6 is 0 Å². The Kier molecular flexibility index (Phi) is 5.45. The maximum Gasteiger partial charge on any atom is 0.267 e. The number of amides is 1. The summed E-state index contributed by atoms with van der Waals surface area (Å²) in [5.74, 6) is -0.0303. The average Bonchev–Trinajstić information content (AvgIpc) is 2.63. The fourth-order valence-electron chi connectivity index (χ4n) is 3.09. The topological polar surface area (TPSA) is 41.6 Å². The lowest BCUT2D eigenvalue weighted by Crippen LogP contribution is -2.42. The fourth-order valence-corrected chi connectivity index (χ4v) is 3.09. The zero-order valence-corrected chi connectivity index (χ0v) is 15.3. The number of benzene rings is 2. The molecule has 1 heterocycles. The number of anilines is 2. The van der Waals surface area contributed by atoms with Gasteiger partial charge in [-0.05, 0) is 63.4 Å². The molecule has 0 unspecified atom stereocenters. The summed E-state index contributed by atoms with van der Waals surface area (Å²) < 4.78 is 20.3. The van der Waals surface area contributed by atoms with Crippen molar-refractivity contribution in [3.8, 4) is 5.75 Å². The predicted molar refractivity (Wildman–Crippen MR) is 102 cm³/mol. The Morgan fingerprint density at radius 1 is 1.08 bits per heavy atom. The van der Waals surface area contributed by atoms with E-state index in [-0.39, 0.29) is 11.7 Å². The number of carbonyl (C=O) groups excluding carboxylic acids is 1. The van der Waals surface area contributed by atoms with Crippen LogP contribution in [-0.2, 0) is 4.79 Å². The lowest BCUT2D eigenvalue weighted by Gasteiger charge is -2.29. The number of rotatable bonds is 5. The molecule has 5 heteroatoms. The summed E-state index contributed by atoms with van der Waals surface area (Å²) in [4.78, 5) is 14.6. The van der Waals surface area contributed by atoms with Gasteiger partial charge in [0.05, 0.1) is 5.69 Å². The van der Waals surface area contributed by atoms with Crippen LogP contribution in [0.1, 0.15) is 33.1 Å². The maximum atomic E-state index is 14.5. The van der Waals surface area contributed by atoms with Gasteiger partial charge in [0.25, 0.3) is 5.91 Å². The van der Waals surface area contributed by atoms with E-state index in [0.29, 0.717) is 17.1 Å². The molecule has 1 aliphatic heterocycles. The number of nitrogens with zero attached hydrogens (tertiary/aromatic N) is 1. The number of carbonyl (C=O) groups is 1. The van der Waals surface area contributed by atoms with E-state index in [1.807, 2.05) is 18.2 Å². The van der Waals surface area contributed by atoms with Crippen LogP contribution in [0, 0.1) is 5.82 Å². The third-order valence-corrected chi connectivity index (χ3v) is 4.57. The third kappa shape index (κ3) is 4.34. The molecule has 0 radical (unpaired) electrons. The molecule has 138 valence electrons. The van der Waals surface area contributed by atoms with Crippen molar-refractivity contribution in [1.29, 1.82) is 0 Å². The zero-order valence-electron chi connectivity index (χ0n) is 15.3. The second kappa shape index (κ2) is 7.77. The quantitative estimate of drug-likeness (QED) is 0.850. The van der Waals surface area contributed by atoms with Gasteiger partial charge < -0.3 is 15.0 Å². The van der Waals surface area contributed by atoms with Gasteiger partial charge in [0.15, 0.2) is 5.60 Å². The summed E-state index contributed by atoms with van der Waals surface area (Å²) in [5, 5.41) is 2.75. The summed E-state index contributed by atoms with van der Waals surface area (Å²) in [6, 6.07) is 14.0. The highest BCUT2D eigenvalue weighted by Gasteiger charge is 2.30. The van der Waals surface area contributed by atoms with Crippen molar-refractivity contribution < 1.29 is 13.9 Å². The van der Waals surface area contributed by atoms with E-state index in [1.165, 1.54) is 12.5 Å². The van der Waals surface area contributed by atoms with E-state index in [4.69, 9.17) is 4.74 Å². The lowest BCUT2D eigenvalue weighted by molar-refractivity contribution is -0.128. The van der Waals surface area contributed by atoms with Crippen LogP contribution in [0.3, 0.4) is 0 Å². The number of hydrogen-bond donors (Lipinski definition) is 1. The van der Waals surface area contributed by atoms with Gasteiger partial charge in [0.2, 0.25) is 0 Å². The molecule has 2 aromatic rings. The number of para-hydroxylation sites is 1. The fraction of sp³-hybridized carbons (Fsp3) is 0.381. The van der Waals surface area contributed by atoms with Gasteiger partial charge in [-0.25, -0.2) is 4.39 Å². The van der Waals surface area contributed by atoms with Crippen LogP contribution < -0.4 is 15.0 Å². The van der Waals surface area contributed by atoms with Gasteiger partial charge in [0, 0.05) is 18.8 Å². The second-order valence-corrected chi connectivity index (χ2v) is 7.09. The Morgan fingerprint density at radius 3 is 2.42 bits per heavy atom. The van der Waals surface area contributed by atoms with Gasteiger partial charge in [-0.15, -0.1) is 0 Å². The van der Waals surface area contributed by atoms with E-state index in [1.54, 1.807) is 38.1 Å². The number of piperidine rings is 1. The smallest absolute Gasteiger partial charge is 0.267 e. The zero-order chi connectivity index (χ0) is 18.6. The Bertz CT molecular complexity index is 756. The average molecular weight is 356 g/mol. The summed E-state index contributed by atoms with van der Waals surface area (Å²) in [6.07, 6.45) is 3.37. The molecule has 0 aliphatic carbocycles. The van der Waals surface area contributed by atoms with Crippen molar-refractivity contribution in [2.45, 2.75) is 38.7 Å². The van der Waals surface area contributed by atoms with Gasteiger partial charge >= 0.3 is 0 Å². The molecule has 3 rings (SSSR count). The molecule has 0 bridgehead atoms. The summed E-state index contributed by atoms with van der Waals surface area (Å²) in [7, 11) is 0. The highest BCUT2D eigenvalue weighted by molar-refractivity contribution is 5.97. The Hall–Kier alpha value is -2.56. The molecule has 1 N–H and O–H groups in total. The van der Waals surface area contributed by atoms with Gasteiger partial charge in [0.1, 0.15) is 11.6 Å². The maximum absolute atomic E-state index is 14.5. The Labute approximate surface area is 154 Å². The molecule has 1 amide bonds. The molecule has 1 aliphatic rings. The van der Waals surface area contributed by atoms with Crippen molar-refractivity contribution >= 4 is 17.3 Å². The van der Waals surface area contributed by atoms with Gasteiger partial charge in [-0.1, -0.05) is 18.2 Å². The van der Waals surface area contributed by atoms with E-state index in [0.717, 1.165) is 25.9 Å². The SMILES string of the molecule is CC(C)(Oc1ccccc1)C(=O)Nc1ccc(N2CCCCC2)c(F)c1. The molecular weight excluding hydrogens is 331 g/mol. The number of hydrogen-bond acceptors (Lipinski definition) is 3. The van der Waals surface area contributed by atoms with Gasteiger partial charge in [-0.3, -0.25) is 4.79 Å². The van der Waals surface area contributed by atoms with Crippen LogP contribution in [0.5, 0.6) is 5.75 Å². The molecule has 0 aromatic heterocycles. The largest absolute Gasteiger partial charge is 0.478 e. The molecule has 4 nitrogen and oxygen atoms in total. The standard InChI is InChI=1S/C21H25FN2O2/c1-21(2,26-17-9-5-3-6-10-17)20(25)23-16-11-12-19(18(22)15-16)24-13-7-4-8-14-24/h3,5-6,9-12,15H,4,7-8,13-14H2,1-2H3,(H,23,25). The highest BCUT2D eigenvalue weighted by Crippen LogP contribution is 2.26. The Balaban J connectivity index is 1.67. The Morgan fingerprint density at radius 2 is 1.77 bits per heavy atom. The first-order valence-electron chi connectivity index (χ1n) is 9.06. The summed E-state index contributed by atoms with van der Waals surface area (Å²) in [6.45, 7) is 5.13. The number of ether oxygens (including phenoxy) is 1. The normalized spacial score (nSPS) is 14.8. The molecule has 0 spiro atoms. The lowest BCUT2D eigenvalue weighted by atomic mass is 10.1. The van der Waals surface area contributed by atoms with E-state index in [9.17, 15) is 9.18 Å². The minimum atomic E-state index is -1.08. The molecule has 26 heavy (non-hydrogen) atoms. The first-order chi connectivity index (χ1) is 12.5. The minimum absolute atomic E-state index is 0.313. The first kappa shape index (κ1) is 18.2. The first-order valence-corrected chi connectivity index (χ1v) is 9.06. The van der Waals surface area contributed by atoms with E-state index >= 15 is 0 Å². The highest BCUT2D eigenvalue weighted by atomic mass is 19.1. The van der Waals surface area contributed by atoms with Crippen LogP contribution in [0.4, 0.5) is 15.8 Å². The van der Waals surface area contributed by atoms with Crippen LogP contribution in [0.15, 0.2) is 48.5 Å². The van der Waals surface area contributed by atoms with E-state index < -0.39 is 5.60 Å². The number of nitrogens with one attached hydrogen (secondary N) is 1. The second-order valence-electron chi connectivity index (χ2n) is 7.09. The number of halogens is 1. The van der Waals surface area contributed by atoms with E-state index in [2.05, 4.69) is 10.2 Å². The molecule has 0 saturated carbocycles. The van der Waals surface area contributed by atoms with Crippen molar-refractivity contribution in [3.05, 3.63) is 54.3 Å².